The molecule has 0 aromatic carbocycles. The van der Waals surface area contributed by atoms with Gasteiger partial charge in [-0.2, -0.15) is 0 Å². The molecular weight excluding hydrogens is 296 g/mol. The van der Waals surface area contributed by atoms with E-state index in [1.165, 1.54) is 25.7 Å². The van der Waals surface area contributed by atoms with E-state index in [4.69, 9.17) is 14.6 Å². The number of unbranched alkanes of at least 4 members (excludes halogenated alkanes) is 1. The third kappa shape index (κ3) is 11.8. The van der Waals surface area contributed by atoms with Crippen LogP contribution in [0.3, 0.4) is 0 Å². The number of ether oxygens (including phenoxy) is 1. The van der Waals surface area contributed by atoms with Crippen LogP contribution in [0.15, 0.2) is 24.5 Å². The Morgan fingerprint density at radius 2 is 1.95 bits per heavy atom. The maximum absolute atomic E-state index is 8.24. The molecule has 4 nitrogen and oxygen atoms in total. The van der Waals surface area contributed by atoms with Crippen molar-refractivity contribution in [2.24, 2.45) is 5.92 Å². The van der Waals surface area contributed by atoms with Gasteiger partial charge < -0.3 is 14.6 Å². The SMILES string of the molecule is CCCCC(CC)COc1ccncc1.O=[C-]O.[Zn]. The molecule has 0 aliphatic heterocycles. The van der Waals surface area contributed by atoms with Crippen LogP contribution in [0.5, 0.6) is 5.75 Å². The summed E-state index contributed by atoms with van der Waals surface area (Å²) in [5.74, 6) is 1.62. The molecule has 0 saturated carbocycles. The van der Waals surface area contributed by atoms with E-state index in [1.807, 2.05) is 12.1 Å². The first-order valence-electron chi connectivity index (χ1n) is 6.32. The van der Waals surface area contributed by atoms with E-state index in [1.54, 1.807) is 12.4 Å². The second kappa shape index (κ2) is 15.1. The van der Waals surface area contributed by atoms with Crippen LogP contribution in [0.1, 0.15) is 39.5 Å². The number of hydrogen-bond donors (Lipinski definition) is 1. The van der Waals surface area contributed by atoms with Crippen LogP contribution in [0.2, 0.25) is 0 Å². The third-order valence-corrected chi connectivity index (χ3v) is 2.68. The first-order chi connectivity index (χ1) is 8.78. The summed E-state index contributed by atoms with van der Waals surface area (Å²) in [5, 5.41) is 6.76. The van der Waals surface area contributed by atoms with Crippen molar-refractivity contribution < 1.29 is 34.1 Å². The van der Waals surface area contributed by atoms with Crippen LogP contribution in [0.4, 0.5) is 0 Å². The van der Waals surface area contributed by atoms with Gasteiger partial charge in [0.05, 0.1) is 6.61 Å². The monoisotopic (exact) mass is 316 g/mol. The molecule has 0 fully saturated rings. The Balaban J connectivity index is 0. The van der Waals surface area contributed by atoms with E-state index < -0.39 is 0 Å². The maximum Gasteiger partial charge on any atom is 0.122 e. The van der Waals surface area contributed by atoms with E-state index in [-0.39, 0.29) is 19.5 Å². The minimum atomic E-state index is 0. The summed E-state index contributed by atoms with van der Waals surface area (Å²) in [5.41, 5.74) is 0. The zero-order chi connectivity index (χ0) is 13.6. The Kier molecular flexibility index (Phi) is 16.2. The first kappa shape index (κ1) is 20.4. The number of nitrogens with zero attached hydrogens (tertiary/aromatic N) is 1. The molecule has 1 heterocycles. The van der Waals surface area contributed by atoms with Gasteiger partial charge in [-0.25, -0.2) is 0 Å². The molecule has 0 amide bonds. The molecule has 5 heteroatoms. The molecule has 1 atom stereocenters. The van der Waals surface area contributed by atoms with Crippen molar-refractivity contribution in [2.45, 2.75) is 39.5 Å². The topological polar surface area (TPSA) is 59.4 Å². The Hall–Kier alpha value is -0.957. The fourth-order valence-corrected chi connectivity index (χ4v) is 1.55. The molecule has 1 aromatic rings. The molecule has 0 saturated heterocycles. The summed E-state index contributed by atoms with van der Waals surface area (Å²) in [6.45, 7) is 5.80. The number of aliphatic hydroxyl groups excluding tert-OH is 1. The second-order valence-corrected chi connectivity index (χ2v) is 4.00. The molecular formula is C14H22NO3Zn-. The zero-order valence-corrected chi connectivity index (χ0v) is 14.8. The van der Waals surface area contributed by atoms with Gasteiger partial charge in [0.2, 0.25) is 0 Å². The van der Waals surface area contributed by atoms with Crippen molar-refractivity contribution in [2.75, 3.05) is 6.61 Å². The van der Waals surface area contributed by atoms with Crippen LogP contribution in [0, 0.1) is 5.92 Å². The Bertz CT molecular complexity index is 296. The minimum Gasteiger partial charge on any atom is -0.665 e. The smallest absolute Gasteiger partial charge is 0.122 e. The molecule has 0 aliphatic rings. The standard InChI is InChI=1S/C13H21NO.CHO2.Zn/c1-3-5-6-12(4-2)11-15-13-7-9-14-10-8-13;2-1-3;/h7-10,12H,3-6,11H2,1-2H3;(H,2,3);/q;-1;. The van der Waals surface area contributed by atoms with Gasteiger partial charge >= 0.3 is 0 Å². The van der Waals surface area contributed by atoms with Crippen LogP contribution >= 0.6 is 0 Å². The van der Waals surface area contributed by atoms with E-state index in [0.29, 0.717) is 12.4 Å². The predicted molar refractivity (Wildman–Crippen MR) is 71.4 cm³/mol. The Morgan fingerprint density at radius 1 is 1.37 bits per heavy atom. The van der Waals surface area contributed by atoms with Gasteiger partial charge in [-0.05, 0) is 24.5 Å². The molecule has 0 radical (unpaired) electrons. The molecule has 1 N–H and O–H groups in total. The summed E-state index contributed by atoms with van der Waals surface area (Å²) in [4.78, 5) is 12.2. The second-order valence-electron chi connectivity index (χ2n) is 4.00. The summed E-state index contributed by atoms with van der Waals surface area (Å²) in [6.07, 6.45) is 8.58. The summed E-state index contributed by atoms with van der Waals surface area (Å²) < 4.78 is 5.72. The molecule has 0 aliphatic carbocycles. The van der Waals surface area contributed by atoms with Crippen LogP contribution in [-0.2, 0) is 24.3 Å². The fourth-order valence-electron chi connectivity index (χ4n) is 1.55. The van der Waals surface area contributed by atoms with Crippen LogP contribution < -0.4 is 4.74 Å². The normalized spacial score (nSPS) is 10.4. The van der Waals surface area contributed by atoms with Crippen LogP contribution in [0.25, 0.3) is 0 Å². The average Bonchev–Trinajstić information content (AvgIpc) is 2.41. The Labute approximate surface area is 128 Å². The quantitative estimate of drug-likeness (QED) is 0.619. The van der Waals surface area contributed by atoms with Crippen molar-refractivity contribution >= 4 is 6.47 Å². The third-order valence-electron chi connectivity index (χ3n) is 2.68. The molecule has 1 unspecified atom stereocenters. The van der Waals surface area contributed by atoms with Gasteiger partial charge in [0.1, 0.15) is 5.75 Å². The molecule has 0 spiro atoms. The van der Waals surface area contributed by atoms with E-state index in [9.17, 15) is 0 Å². The number of rotatable bonds is 7. The number of pyridine rings is 1. The fraction of sp³-hybridized carbons (Fsp3) is 0.571. The molecule has 0 bridgehead atoms. The van der Waals surface area contributed by atoms with Gasteiger partial charge in [-0.3, -0.25) is 4.98 Å². The molecule has 1 rings (SSSR count). The van der Waals surface area contributed by atoms with Gasteiger partial charge in [-0.1, -0.05) is 39.6 Å². The first-order valence-corrected chi connectivity index (χ1v) is 6.32. The maximum atomic E-state index is 8.24. The van der Waals surface area contributed by atoms with E-state index in [0.717, 1.165) is 12.4 Å². The van der Waals surface area contributed by atoms with Gasteiger partial charge in [0, 0.05) is 31.9 Å². The largest absolute Gasteiger partial charge is 0.665 e. The summed E-state index contributed by atoms with van der Waals surface area (Å²) >= 11 is 0. The minimum absolute atomic E-state index is 0. The van der Waals surface area contributed by atoms with Crippen molar-refractivity contribution in [3.8, 4) is 5.75 Å². The van der Waals surface area contributed by atoms with E-state index >= 15 is 0 Å². The average molecular weight is 318 g/mol. The number of hydrogen-bond acceptors (Lipinski definition) is 3. The molecule has 1 aromatic heterocycles. The van der Waals surface area contributed by atoms with Gasteiger partial charge in [0.15, 0.2) is 0 Å². The van der Waals surface area contributed by atoms with Crippen molar-refractivity contribution in [1.82, 2.24) is 4.98 Å². The van der Waals surface area contributed by atoms with Gasteiger partial charge in [0.25, 0.3) is 0 Å². The predicted octanol–water partition coefficient (Wildman–Crippen LogP) is 3.29. The van der Waals surface area contributed by atoms with Gasteiger partial charge in [-0.15, -0.1) is 0 Å². The van der Waals surface area contributed by atoms with Crippen molar-refractivity contribution in [3.63, 3.8) is 0 Å². The zero-order valence-electron chi connectivity index (χ0n) is 11.8. The molecule has 104 valence electrons. The van der Waals surface area contributed by atoms with E-state index in [2.05, 4.69) is 18.8 Å². The van der Waals surface area contributed by atoms with Crippen molar-refractivity contribution in [3.05, 3.63) is 24.5 Å². The van der Waals surface area contributed by atoms with Crippen molar-refractivity contribution in [1.29, 1.82) is 0 Å². The number of aromatic nitrogens is 1. The summed E-state index contributed by atoms with van der Waals surface area (Å²) in [6, 6.07) is 3.82. The molecule has 19 heavy (non-hydrogen) atoms. The van der Waals surface area contributed by atoms with Crippen LogP contribution in [-0.4, -0.2) is 23.2 Å². The Morgan fingerprint density at radius 3 is 2.42 bits per heavy atom. The summed E-state index contributed by atoms with van der Waals surface area (Å²) in [7, 11) is 0.